The standard InChI is InChI=1S/C17H15Cl2N3O2S/c18-10-3-4-12(19)11(7-10)16(24)22-6-5-13-14(8-22)25-17(20-13)21-15(23)9-1-2-9/h3-4,7,9H,1-2,5-6,8H2,(H,20,21,23). The Morgan fingerprint density at radius 1 is 1.28 bits per heavy atom. The molecule has 1 N–H and O–H groups in total. The second kappa shape index (κ2) is 6.59. The minimum absolute atomic E-state index is 0.0461. The number of amides is 2. The molecule has 25 heavy (non-hydrogen) atoms. The monoisotopic (exact) mass is 395 g/mol. The van der Waals surface area contributed by atoms with Crippen LogP contribution in [-0.2, 0) is 17.8 Å². The number of carbonyl (C=O) groups is 2. The van der Waals surface area contributed by atoms with Crippen LogP contribution in [0.2, 0.25) is 10.0 Å². The molecule has 1 aromatic heterocycles. The van der Waals surface area contributed by atoms with Crippen LogP contribution in [0.25, 0.3) is 0 Å². The zero-order valence-electron chi connectivity index (χ0n) is 13.2. The fourth-order valence-electron chi connectivity index (χ4n) is 2.81. The highest BCUT2D eigenvalue weighted by Crippen LogP contribution is 2.33. The third-order valence-corrected chi connectivity index (χ3v) is 5.92. The molecule has 2 aromatic rings. The van der Waals surface area contributed by atoms with Gasteiger partial charge in [-0.2, -0.15) is 0 Å². The van der Waals surface area contributed by atoms with E-state index < -0.39 is 0 Å². The van der Waals surface area contributed by atoms with Crippen LogP contribution in [0.1, 0.15) is 33.8 Å². The molecule has 0 radical (unpaired) electrons. The van der Waals surface area contributed by atoms with Crippen molar-refractivity contribution < 1.29 is 9.59 Å². The van der Waals surface area contributed by atoms with Gasteiger partial charge in [0.25, 0.3) is 5.91 Å². The molecule has 8 heteroatoms. The minimum Gasteiger partial charge on any atom is -0.333 e. The van der Waals surface area contributed by atoms with Gasteiger partial charge in [-0.3, -0.25) is 9.59 Å². The van der Waals surface area contributed by atoms with Crippen LogP contribution < -0.4 is 5.32 Å². The maximum Gasteiger partial charge on any atom is 0.255 e. The van der Waals surface area contributed by atoms with Gasteiger partial charge in [0.05, 0.1) is 22.8 Å². The smallest absolute Gasteiger partial charge is 0.255 e. The van der Waals surface area contributed by atoms with Gasteiger partial charge in [-0.25, -0.2) is 4.98 Å². The van der Waals surface area contributed by atoms with Crippen molar-refractivity contribution in [1.29, 1.82) is 0 Å². The number of fused-ring (bicyclic) bond motifs is 1. The zero-order valence-corrected chi connectivity index (χ0v) is 15.5. The fraction of sp³-hybridized carbons (Fsp3) is 0.353. The van der Waals surface area contributed by atoms with Crippen LogP contribution in [0.4, 0.5) is 5.13 Å². The van der Waals surface area contributed by atoms with E-state index >= 15 is 0 Å². The van der Waals surface area contributed by atoms with Crippen molar-refractivity contribution in [2.45, 2.75) is 25.8 Å². The number of hydrogen-bond acceptors (Lipinski definition) is 4. The Kier molecular flexibility index (Phi) is 4.43. The number of halogens is 2. The van der Waals surface area contributed by atoms with E-state index in [0.29, 0.717) is 40.3 Å². The number of anilines is 1. The van der Waals surface area contributed by atoms with Gasteiger partial charge in [-0.1, -0.05) is 34.5 Å². The first-order chi connectivity index (χ1) is 12.0. The summed E-state index contributed by atoms with van der Waals surface area (Å²) in [4.78, 5) is 31.9. The number of benzene rings is 1. The van der Waals surface area contributed by atoms with E-state index in [2.05, 4.69) is 10.3 Å². The third kappa shape index (κ3) is 3.52. The summed E-state index contributed by atoms with van der Waals surface area (Å²) in [6.07, 6.45) is 2.58. The lowest BCUT2D eigenvalue weighted by molar-refractivity contribution is -0.117. The van der Waals surface area contributed by atoms with Crippen LogP contribution in [0.3, 0.4) is 0 Å². The predicted octanol–water partition coefficient (Wildman–Crippen LogP) is 4.00. The van der Waals surface area contributed by atoms with Crippen molar-refractivity contribution >= 4 is 51.5 Å². The van der Waals surface area contributed by atoms with E-state index in [1.165, 1.54) is 11.3 Å². The van der Waals surface area contributed by atoms with E-state index in [0.717, 1.165) is 23.4 Å². The van der Waals surface area contributed by atoms with Crippen molar-refractivity contribution in [3.8, 4) is 0 Å². The Balaban J connectivity index is 1.50. The summed E-state index contributed by atoms with van der Waals surface area (Å²) in [6.45, 7) is 1.03. The molecule has 0 bridgehead atoms. The molecule has 1 saturated carbocycles. The summed E-state index contributed by atoms with van der Waals surface area (Å²) < 4.78 is 0. The highest BCUT2D eigenvalue weighted by Gasteiger charge is 2.31. The van der Waals surface area contributed by atoms with E-state index in [9.17, 15) is 9.59 Å². The molecule has 1 aliphatic carbocycles. The van der Waals surface area contributed by atoms with Crippen molar-refractivity contribution in [2.75, 3.05) is 11.9 Å². The summed E-state index contributed by atoms with van der Waals surface area (Å²) in [6, 6.07) is 4.88. The van der Waals surface area contributed by atoms with Crippen molar-refractivity contribution in [2.24, 2.45) is 5.92 Å². The van der Waals surface area contributed by atoms with Crippen LogP contribution >= 0.6 is 34.5 Å². The molecule has 130 valence electrons. The predicted molar refractivity (Wildman–Crippen MR) is 98.4 cm³/mol. The molecule has 0 spiro atoms. The van der Waals surface area contributed by atoms with Crippen molar-refractivity contribution in [3.05, 3.63) is 44.4 Å². The highest BCUT2D eigenvalue weighted by atomic mass is 35.5. The molecule has 0 saturated heterocycles. The summed E-state index contributed by atoms with van der Waals surface area (Å²) in [5, 5.41) is 4.37. The van der Waals surface area contributed by atoms with Crippen LogP contribution in [-0.4, -0.2) is 28.2 Å². The molecule has 2 aliphatic rings. The highest BCUT2D eigenvalue weighted by molar-refractivity contribution is 7.15. The van der Waals surface area contributed by atoms with Crippen LogP contribution in [0, 0.1) is 5.92 Å². The molecule has 5 nitrogen and oxygen atoms in total. The fourth-order valence-corrected chi connectivity index (χ4v) is 4.20. The normalized spacial score (nSPS) is 16.5. The number of carbonyl (C=O) groups excluding carboxylic acids is 2. The lowest BCUT2D eigenvalue weighted by Crippen LogP contribution is -2.35. The summed E-state index contributed by atoms with van der Waals surface area (Å²) >= 11 is 13.6. The van der Waals surface area contributed by atoms with E-state index in [1.807, 2.05) is 0 Å². The van der Waals surface area contributed by atoms with E-state index in [4.69, 9.17) is 23.2 Å². The number of aromatic nitrogens is 1. The Labute approximate surface area is 158 Å². The maximum atomic E-state index is 12.8. The molecular weight excluding hydrogens is 381 g/mol. The zero-order chi connectivity index (χ0) is 17.6. The van der Waals surface area contributed by atoms with Gasteiger partial charge in [-0.05, 0) is 31.0 Å². The number of hydrogen-bond donors (Lipinski definition) is 1. The molecular formula is C17H15Cl2N3O2S. The first-order valence-corrected chi connectivity index (χ1v) is 9.62. The molecule has 1 aliphatic heterocycles. The van der Waals surface area contributed by atoms with Crippen LogP contribution in [0.15, 0.2) is 18.2 Å². The van der Waals surface area contributed by atoms with Gasteiger partial charge < -0.3 is 10.2 Å². The number of thiazole rings is 1. The van der Waals surface area contributed by atoms with Crippen LogP contribution in [0.5, 0.6) is 0 Å². The lowest BCUT2D eigenvalue weighted by atomic mass is 10.1. The third-order valence-electron chi connectivity index (χ3n) is 4.36. The molecule has 1 aromatic carbocycles. The molecule has 2 amide bonds. The second-order valence-electron chi connectivity index (χ2n) is 6.25. The van der Waals surface area contributed by atoms with Gasteiger partial charge in [0.15, 0.2) is 5.13 Å². The van der Waals surface area contributed by atoms with Gasteiger partial charge in [0, 0.05) is 28.8 Å². The molecule has 4 rings (SSSR count). The first kappa shape index (κ1) is 16.8. The number of nitrogens with one attached hydrogen (secondary N) is 1. The first-order valence-electron chi connectivity index (χ1n) is 8.05. The Morgan fingerprint density at radius 3 is 2.84 bits per heavy atom. The van der Waals surface area contributed by atoms with Gasteiger partial charge >= 0.3 is 0 Å². The summed E-state index contributed by atoms with van der Waals surface area (Å²) in [5.74, 6) is 0.0452. The Bertz CT molecular complexity index is 864. The molecule has 0 unspecified atom stereocenters. The van der Waals surface area contributed by atoms with Gasteiger partial charge in [0.1, 0.15) is 0 Å². The summed E-state index contributed by atoms with van der Waals surface area (Å²) in [5.41, 5.74) is 1.36. The number of rotatable bonds is 3. The van der Waals surface area contributed by atoms with Crippen molar-refractivity contribution in [3.63, 3.8) is 0 Å². The molecule has 0 atom stereocenters. The van der Waals surface area contributed by atoms with E-state index in [-0.39, 0.29) is 17.7 Å². The average Bonchev–Trinajstić information content (AvgIpc) is 3.37. The van der Waals surface area contributed by atoms with E-state index in [1.54, 1.807) is 23.1 Å². The maximum absolute atomic E-state index is 12.8. The van der Waals surface area contributed by atoms with Gasteiger partial charge in [0.2, 0.25) is 5.91 Å². The molecule has 1 fully saturated rings. The topological polar surface area (TPSA) is 62.3 Å². The number of nitrogens with zero attached hydrogens (tertiary/aromatic N) is 2. The Morgan fingerprint density at radius 2 is 2.08 bits per heavy atom. The Hall–Kier alpha value is -1.63. The average molecular weight is 396 g/mol. The lowest BCUT2D eigenvalue weighted by Gasteiger charge is -2.26. The summed E-state index contributed by atoms with van der Waals surface area (Å²) in [7, 11) is 0. The molecule has 2 heterocycles. The SMILES string of the molecule is O=C(Nc1nc2c(s1)CN(C(=O)c1cc(Cl)ccc1Cl)CC2)C1CC1. The second-order valence-corrected chi connectivity index (χ2v) is 8.18. The largest absolute Gasteiger partial charge is 0.333 e. The quantitative estimate of drug-likeness (QED) is 0.853. The van der Waals surface area contributed by atoms with Gasteiger partial charge in [-0.15, -0.1) is 0 Å². The van der Waals surface area contributed by atoms with Crippen molar-refractivity contribution in [1.82, 2.24) is 9.88 Å². The minimum atomic E-state index is -0.143.